The molecule has 0 aliphatic carbocycles. The van der Waals surface area contributed by atoms with E-state index in [1.54, 1.807) is 7.11 Å². The van der Waals surface area contributed by atoms with Gasteiger partial charge in [0, 0.05) is 7.11 Å². The molecule has 116 valence electrons. The molecule has 3 heteroatoms. The van der Waals surface area contributed by atoms with Crippen LogP contribution in [0.4, 0.5) is 0 Å². The predicted octanol–water partition coefficient (Wildman–Crippen LogP) is 4.54. The number of methoxy groups -OCH3 is 1. The molecule has 0 amide bonds. The topological polar surface area (TPSA) is 34.4 Å². The number of nitrogens with one attached hydrogen (secondary N) is 1. The zero-order valence-corrected chi connectivity index (χ0v) is 14.0. The molecule has 0 aliphatic rings. The van der Waals surface area contributed by atoms with E-state index in [1.165, 1.54) is 6.42 Å². The van der Waals surface area contributed by atoms with Crippen LogP contribution in [0.2, 0.25) is 0 Å². The molecular weight excluding hydrogens is 250 g/mol. The Balaban J connectivity index is 2.67. The van der Waals surface area contributed by atoms with Crippen molar-refractivity contribution in [2.75, 3.05) is 13.7 Å². The number of rotatable bonds is 8. The lowest BCUT2D eigenvalue weighted by Crippen LogP contribution is -2.24. The average Bonchev–Trinajstić information content (AvgIpc) is 2.75. The summed E-state index contributed by atoms with van der Waals surface area (Å²) >= 11 is 0. The zero-order valence-electron chi connectivity index (χ0n) is 14.0. The number of furan rings is 1. The second kappa shape index (κ2) is 7.84. The molecule has 0 saturated carbocycles. The van der Waals surface area contributed by atoms with E-state index in [9.17, 15) is 0 Å². The molecule has 0 aromatic carbocycles. The van der Waals surface area contributed by atoms with Crippen LogP contribution in [0, 0.1) is 11.3 Å². The SMILES string of the molecule is CCNC(CC(C)CC(C)(C)C)c1ccc(COC)o1. The summed E-state index contributed by atoms with van der Waals surface area (Å²) in [6.07, 6.45) is 2.32. The maximum absolute atomic E-state index is 5.88. The Morgan fingerprint density at radius 1 is 1.30 bits per heavy atom. The summed E-state index contributed by atoms with van der Waals surface area (Å²) in [7, 11) is 1.69. The lowest BCUT2D eigenvalue weighted by Gasteiger charge is -2.26. The van der Waals surface area contributed by atoms with Gasteiger partial charge in [-0.15, -0.1) is 0 Å². The van der Waals surface area contributed by atoms with Gasteiger partial charge in [0.1, 0.15) is 18.1 Å². The van der Waals surface area contributed by atoms with Crippen molar-refractivity contribution in [3.05, 3.63) is 23.7 Å². The van der Waals surface area contributed by atoms with Crippen molar-refractivity contribution in [1.82, 2.24) is 5.32 Å². The Labute approximate surface area is 124 Å². The van der Waals surface area contributed by atoms with Crippen molar-refractivity contribution in [2.24, 2.45) is 11.3 Å². The zero-order chi connectivity index (χ0) is 15.2. The highest BCUT2D eigenvalue weighted by molar-refractivity contribution is 5.10. The molecule has 0 aliphatic heterocycles. The lowest BCUT2D eigenvalue weighted by atomic mass is 9.82. The molecule has 1 rings (SSSR count). The van der Waals surface area contributed by atoms with Crippen molar-refractivity contribution < 1.29 is 9.15 Å². The van der Waals surface area contributed by atoms with Crippen LogP contribution in [0.1, 0.15) is 65.0 Å². The molecule has 20 heavy (non-hydrogen) atoms. The maximum Gasteiger partial charge on any atom is 0.129 e. The van der Waals surface area contributed by atoms with Crippen molar-refractivity contribution in [3.8, 4) is 0 Å². The van der Waals surface area contributed by atoms with Gasteiger partial charge in [-0.25, -0.2) is 0 Å². The van der Waals surface area contributed by atoms with Crippen LogP contribution in [0.25, 0.3) is 0 Å². The highest BCUT2D eigenvalue weighted by atomic mass is 16.5. The van der Waals surface area contributed by atoms with E-state index >= 15 is 0 Å². The van der Waals surface area contributed by atoms with Gasteiger partial charge in [0.2, 0.25) is 0 Å². The van der Waals surface area contributed by atoms with E-state index in [0.717, 1.165) is 24.5 Å². The third-order valence-corrected chi connectivity index (χ3v) is 3.36. The standard InChI is InChI=1S/C17H31NO2/c1-7-18-15(10-13(2)11-17(3,4)5)16-9-8-14(20-16)12-19-6/h8-9,13,15,18H,7,10-12H2,1-6H3. The van der Waals surface area contributed by atoms with Crippen molar-refractivity contribution in [2.45, 2.75) is 60.1 Å². The minimum atomic E-state index is 0.294. The summed E-state index contributed by atoms with van der Waals surface area (Å²) in [4.78, 5) is 0. The highest BCUT2D eigenvalue weighted by Gasteiger charge is 2.21. The van der Waals surface area contributed by atoms with Crippen LogP contribution >= 0.6 is 0 Å². The van der Waals surface area contributed by atoms with Gasteiger partial charge in [0.25, 0.3) is 0 Å². The fraction of sp³-hybridized carbons (Fsp3) is 0.765. The minimum absolute atomic E-state index is 0.294. The largest absolute Gasteiger partial charge is 0.462 e. The van der Waals surface area contributed by atoms with Gasteiger partial charge in [0.05, 0.1) is 6.04 Å². The van der Waals surface area contributed by atoms with Gasteiger partial charge in [-0.05, 0) is 42.9 Å². The van der Waals surface area contributed by atoms with Crippen LogP contribution in [-0.4, -0.2) is 13.7 Å². The fourth-order valence-corrected chi connectivity index (χ4v) is 2.88. The van der Waals surface area contributed by atoms with E-state index < -0.39 is 0 Å². The number of ether oxygens (including phenoxy) is 1. The number of hydrogen-bond acceptors (Lipinski definition) is 3. The Morgan fingerprint density at radius 2 is 2.00 bits per heavy atom. The Bertz CT molecular complexity index is 379. The molecule has 1 aromatic heterocycles. The van der Waals surface area contributed by atoms with Gasteiger partial charge in [-0.1, -0.05) is 34.6 Å². The molecule has 2 atom stereocenters. The third kappa shape index (κ3) is 6.10. The first-order valence-corrected chi connectivity index (χ1v) is 7.66. The minimum Gasteiger partial charge on any atom is -0.462 e. The molecule has 1 aromatic rings. The van der Waals surface area contributed by atoms with Gasteiger partial charge >= 0.3 is 0 Å². The van der Waals surface area contributed by atoms with Crippen LogP contribution in [0.15, 0.2) is 16.5 Å². The summed E-state index contributed by atoms with van der Waals surface area (Å²) in [5, 5.41) is 3.54. The molecule has 0 bridgehead atoms. The van der Waals surface area contributed by atoms with Crippen LogP contribution in [0.5, 0.6) is 0 Å². The molecule has 0 radical (unpaired) electrons. The van der Waals surface area contributed by atoms with E-state index in [4.69, 9.17) is 9.15 Å². The van der Waals surface area contributed by atoms with Crippen molar-refractivity contribution in [3.63, 3.8) is 0 Å². The molecule has 0 saturated heterocycles. The first-order chi connectivity index (χ1) is 9.35. The summed E-state index contributed by atoms with van der Waals surface area (Å²) in [6.45, 7) is 12.9. The molecule has 3 nitrogen and oxygen atoms in total. The molecule has 0 spiro atoms. The normalized spacial score (nSPS) is 15.3. The first-order valence-electron chi connectivity index (χ1n) is 7.66. The lowest BCUT2D eigenvalue weighted by molar-refractivity contribution is 0.160. The molecule has 2 unspecified atom stereocenters. The summed E-state index contributed by atoms with van der Waals surface area (Å²) < 4.78 is 11.0. The smallest absolute Gasteiger partial charge is 0.129 e. The van der Waals surface area contributed by atoms with E-state index in [1.807, 2.05) is 6.07 Å². The Hall–Kier alpha value is -0.800. The van der Waals surface area contributed by atoms with Gasteiger partial charge in [0.15, 0.2) is 0 Å². The van der Waals surface area contributed by atoms with Gasteiger partial charge < -0.3 is 14.5 Å². The van der Waals surface area contributed by atoms with Crippen molar-refractivity contribution in [1.29, 1.82) is 0 Å². The molecular formula is C17H31NO2. The summed E-state index contributed by atoms with van der Waals surface area (Å²) in [5.41, 5.74) is 0.376. The Morgan fingerprint density at radius 3 is 2.55 bits per heavy atom. The van der Waals surface area contributed by atoms with Crippen LogP contribution in [0.3, 0.4) is 0 Å². The van der Waals surface area contributed by atoms with Crippen LogP contribution in [-0.2, 0) is 11.3 Å². The second-order valence-corrected chi connectivity index (χ2v) is 6.95. The molecule has 0 fully saturated rings. The average molecular weight is 281 g/mol. The van der Waals surface area contributed by atoms with E-state index in [2.05, 4.69) is 46.0 Å². The van der Waals surface area contributed by atoms with Gasteiger partial charge in [-0.2, -0.15) is 0 Å². The Kier molecular flexibility index (Phi) is 6.77. The van der Waals surface area contributed by atoms with E-state index in [-0.39, 0.29) is 0 Å². The quantitative estimate of drug-likeness (QED) is 0.759. The first kappa shape index (κ1) is 17.3. The van der Waals surface area contributed by atoms with Gasteiger partial charge in [-0.3, -0.25) is 0 Å². The fourth-order valence-electron chi connectivity index (χ4n) is 2.88. The van der Waals surface area contributed by atoms with Crippen molar-refractivity contribution >= 4 is 0 Å². The van der Waals surface area contributed by atoms with E-state index in [0.29, 0.717) is 24.0 Å². The molecule has 1 N–H and O–H groups in total. The maximum atomic E-state index is 5.88. The monoisotopic (exact) mass is 281 g/mol. The second-order valence-electron chi connectivity index (χ2n) is 6.95. The summed E-state index contributed by atoms with van der Waals surface area (Å²) in [6, 6.07) is 4.38. The highest BCUT2D eigenvalue weighted by Crippen LogP contribution is 2.31. The molecule has 1 heterocycles. The number of hydrogen-bond donors (Lipinski definition) is 1. The summed E-state index contributed by atoms with van der Waals surface area (Å²) in [5.74, 6) is 2.59. The predicted molar refractivity (Wildman–Crippen MR) is 83.7 cm³/mol. The third-order valence-electron chi connectivity index (χ3n) is 3.36. The van der Waals surface area contributed by atoms with Crippen LogP contribution < -0.4 is 5.32 Å².